The van der Waals surface area contributed by atoms with E-state index in [9.17, 15) is 4.79 Å². The van der Waals surface area contributed by atoms with E-state index in [4.69, 9.17) is 0 Å². The van der Waals surface area contributed by atoms with E-state index < -0.39 is 0 Å². The molecule has 0 aromatic rings. The van der Waals surface area contributed by atoms with Gasteiger partial charge in [-0.2, -0.15) is 13.5 Å². The summed E-state index contributed by atoms with van der Waals surface area (Å²) in [4.78, 5) is 11.1. The maximum Gasteiger partial charge on any atom is 0.243 e. The Labute approximate surface area is 146 Å². The largest absolute Gasteiger partial charge is 0.350 e. The van der Waals surface area contributed by atoms with Crippen LogP contribution in [0.1, 0.15) is 97.3 Å². The topological polar surface area (TPSA) is 29.1 Å². The van der Waals surface area contributed by atoms with Gasteiger partial charge in [0.25, 0.3) is 0 Å². The second kappa shape index (κ2) is 18.6. The smallest absolute Gasteiger partial charge is 0.243 e. The SMILES string of the molecule is C=CC(=O)NC(C)CCCCCCCCCCCCCC.S. The van der Waals surface area contributed by atoms with Crippen LogP contribution in [-0.4, -0.2) is 11.9 Å². The maximum atomic E-state index is 11.1. The summed E-state index contributed by atoms with van der Waals surface area (Å²) >= 11 is 0. The Morgan fingerprint density at radius 2 is 1.32 bits per heavy atom. The van der Waals surface area contributed by atoms with Crippen molar-refractivity contribution in [1.29, 1.82) is 0 Å². The molecule has 0 aliphatic carbocycles. The summed E-state index contributed by atoms with van der Waals surface area (Å²) in [5.74, 6) is -0.0542. The zero-order valence-electron chi connectivity index (χ0n) is 15.0. The summed E-state index contributed by atoms with van der Waals surface area (Å²) < 4.78 is 0. The van der Waals surface area contributed by atoms with Gasteiger partial charge in [-0.05, 0) is 19.4 Å². The molecular formula is C19H39NOS. The van der Waals surface area contributed by atoms with Gasteiger partial charge in [0.05, 0.1) is 0 Å². The van der Waals surface area contributed by atoms with Crippen LogP contribution in [0, 0.1) is 0 Å². The highest BCUT2D eigenvalue weighted by molar-refractivity contribution is 7.59. The standard InChI is InChI=1S/C19H37NO.H2S/c1-4-6-7-8-9-10-11-12-13-14-15-16-17-18(3)20-19(21)5-2;/h5,18H,2,4,6-17H2,1,3H3,(H,20,21);1H2. The zero-order valence-corrected chi connectivity index (χ0v) is 16.0. The Kier molecular flexibility index (Phi) is 20.1. The van der Waals surface area contributed by atoms with E-state index in [0.29, 0.717) is 0 Å². The van der Waals surface area contributed by atoms with Crippen LogP contribution in [0.5, 0.6) is 0 Å². The van der Waals surface area contributed by atoms with E-state index in [2.05, 4.69) is 25.7 Å². The molecule has 3 heteroatoms. The molecule has 2 nitrogen and oxygen atoms in total. The molecule has 0 saturated heterocycles. The number of carbonyl (C=O) groups excluding carboxylic acids is 1. The summed E-state index contributed by atoms with van der Waals surface area (Å²) in [7, 11) is 0. The third kappa shape index (κ3) is 17.6. The molecule has 0 saturated carbocycles. The van der Waals surface area contributed by atoms with Crippen molar-refractivity contribution in [1.82, 2.24) is 5.32 Å². The van der Waals surface area contributed by atoms with Gasteiger partial charge in [-0.25, -0.2) is 0 Å². The molecule has 1 unspecified atom stereocenters. The third-order valence-corrected chi connectivity index (χ3v) is 4.06. The first-order valence-electron chi connectivity index (χ1n) is 9.13. The van der Waals surface area contributed by atoms with E-state index in [1.807, 2.05) is 0 Å². The second-order valence-electron chi connectivity index (χ2n) is 6.29. The fourth-order valence-electron chi connectivity index (χ4n) is 2.67. The van der Waals surface area contributed by atoms with Crippen LogP contribution in [0.25, 0.3) is 0 Å². The number of amides is 1. The third-order valence-electron chi connectivity index (χ3n) is 4.06. The Morgan fingerprint density at radius 1 is 0.909 bits per heavy atom. The minimum Gasteiger partial charge on any atom is -0.350 e. The Hall–Kier alpha value is -0.440. The van der Waals surface area contributed by atoms with Gasteiger partial charge in [0.1, 0.15) is 0 Å². The van der Waals surface area contributed by atoms with Crippen molar-refractivity contribution in [2.75, 3.05) is 0 Å². The van der Waals surface area contributed by atoms with Crippen LogP contribution in [0.3, 0.4) is 0 Å². The predicted octanol–water partition coefficient (Wildman–Crippen LogP) is 5.88. The van der Waals surface area contributed by atoms with Crippen molar-refractivity contribution in [3.8, 4) is 0 Å². The molecule has 0 radical (unpaired) electrons. The van der Waals surface area contributed by atoms with Gasteiger partial charge in [-0.15, -0.1) is 0 Å². The number of hydrogen-bond donors (Lipinski definition) is 1. The lowest BCUT2D eigenvalue weighted by molar-refractivity contribution is -0.117. The summed E-state index contributed by atoms with van der Waals surface area (Å²) in [6.07, 6.45) is 18.9. The highest BCUT2D eigenvalue weighted by Crippen LogP contribution is 2.12. The first-order chi connectivity index (χ1) is 10.2. The van der Waals surface area contributed by atoms with Crippen molar-refractivity contribution in [3.63, 3.8) is 0 Å². The molecule has 0 heterocycles. The molecule has 0 aliphatic rings. The van der Waals surface area contributed by atoms with Gasteiger partial charge < -0.3 is 5.32 Å². The molecule has 0 rings (SSSR count). The Bertz CT molecular complexity index is 256. The van der Waals surface area contributed by atoms with Crippen molar-refractivity contribution >= 4 is 19.4 Å². The number of hydrogen-bond acceptors (Lipinski definition) is 1. The monoisotopic (exact) mass is 329 g/mol. The molecule has 22 heavy (non-hydrogen) atoms. The molecule has 0 aromatic heterocycles. The molecule has 0 fully saturated rings. The van der Waals surface area contributed by atoms with Crippen LogP contribution in [0.15, 0.2) is 12.7 Å². The number of unbranched alkanes of at least 4 members (excludes halogenated alkanes) is 11. The molecule has 0 spiro atoms. The van der Waals surface area contributed by atoms with Gasteiger partial charge in [-0.3, -0.25) is 4.79 Å². The summed E-state index contributed by atoms with van der Waals surface area (Å²) in [5.41, 5.74) is 0. The number of carbonyl (C=O) groups is 1. The van der Waals surface area contributed by atoms with E-state index in [1.165, 1.54) is 83.1 Å². The Morgan fingerprint density at radius 3 is 1.73 bits per heavy atom. The van der Waals surface area contributed by atoms with E-state index >= 15 is 0 Å². The zero-order chi connectivity index (χ0) is 15.8. The minimum atomic E-state index is -0.0542. The predicted molar refractivity (Wildman–Crippen MR) is 104 cm³/mol. The summed E-state index contributed by atoms with van der Waals surface area (Å²) in [6.45, 7) is 7.81. The van der Waals surface area contributed by atoms with Crippen LogP contribution in [0.4, 0.5) is 0 Å². The summed E-state index contributed by atoms with van der Waals surface area (Å²) in [6, 6.07) is 0.277. The molecule has 132 valence electrons. The molecule has 0 aliphatic heterocycles. The average molecular weight is 330 g/mol. The second-order valence-corrected chi connectivity index (χ2v) is 6.29. The Balaban J connectivity index is 0. The first kappa shape index (κ1) is 23.8. The van der Waals surface area contributed by atoms with Crippen molar-refractivity contribution in [3.05, 3.63) is 12.7 Å². The normalized spacial score (nSPS) is 11.5. The lowest BCUT2D eigenvalue weighted by Gasteiger charge is -2.11. The molecule has 1 atom stereocenters. The van der Waals surface area contributed by atoms with E-state index in [1.54, 1.807) is 0 Å². The van der Waals surface area contributed by atoms with Crippen LogP contribution >= 0.6 is 13.5 Å². The quantitative estimate of drug-likeness (QED) is 0.295. The van der Waals surface area contributed by atoms with Gasteiger partial charge in [-0.1, -0.05) is 90.6 Å². The van der Waals surface area contributed by atoms with Gasteiger partial charge in [0.15, 0.2) is 0 Å². The molecule has 1 amide bonds. The van der Waals surface area contributed by atoms with Crippen LogP contribution in [-0.2, 0) is 4.79 Å². The van der Waals surface area contributed by atoms with Crippen LogP contribution in [0.2, 0.25) is 0 Å². The van der Waals surface area contributed by atoms with Crippen LogP contribution < -0.4 is 5.32 Å². The van der Waals surface area contributed by atoms with Crippen molar-refractivity contribution in [2.24, 2.45) is 0 Å². The lowest BCUT2D eigenvalue weighted by atomic mass is 10.0. The van der Waals surface area contributed by atoms with Gasteiger partial charge in [0, 0.05) is 6.04 Å². The molecular weight excluding hydrogens is 290 g/mol. The maximum absolute atomic E-state index is 11.1. The number of rotatable bonds is 15. The van der Waals surface area contributed by atoms with Gasteiger partial charge in [0.2, 0.25) is 5.91 Å². The summed E-state index contributed by atoms with van der Waals surface area (Å²) in [5, 5.41) is 2.91. The van der Waals surface area contributed by atoms with Crippen molar-refractivity contribution in [2.45, 2.75) is 103 Å². The van der Waals surface area contributed by atoms with Gasteiger partial charge >= 0.3 is 0 Å². The number of nitrogens with one attached hydrogen (secondary N) is 1. The molecule has 0 bridgehead atoms. The van der Waals surface area contributed by atoms with Crippen molar-refractivity contribution < 1.29 is 4.79 Å². The molecule has 1 N–H and O–H groups in total. The first-order valence-corrected chi connectivity index (χ1v) is 9.13. The van der Waals surface area contributed by atoms with E-state index in [0.717, 1.165) is 6.42 Å². The van der Waals surface area contributed by atoms with E-state index in [-0.39, 0.29) is 25.4 Å². The highest BCUT2D eigenvalue weighted by Gasteiger charge is 2.03. The fourth-order valence-corrected chi connectivity index (χ4v) is 2.67. The fraction of sp³-hybridized carbons (Fsp3) is 0.842. The average Bonchev–Trinajstić information content (AvgIpc) is 2.48. The minimum absolute atomic E-state index is 0. The molecule has 0 aromatic carbocycles. The highest BCUT2D eigenvalue weighted by atomic mass is 32.1. The lowest BCUT2D eigenvalue weighted by Crippen LogP contribution is -2.30.